The monoisotopic (exact) mass is 644 g/mol. The van der Waals surface area contributed by atoms with Gasteiger partial charge in [0, 0.05) is 29.7 Å². The molecule has 8 heteroatoms. The molecular weight excluding hydrogens is 588 g/mol. The molecule has 0 radical (unpaired) electrons. The zero-order valence-corrected chi connectivity index (χ0v) is 25.7. The van der Waals surface area contributed by atoms with Gasteiger partial charge in [0.25, 0.3) is 0 Å². The topological polar surface area (TPSA) is 63.6 Å². The molecule has 4 aliphatic carbocycles. The van der Waals surface area contributed by atoms with Crippen LogP contribution in [0.5, 0.6) is 0 Å². The maximum atomic E-state index is 12.2. The molecule has 0 aromatic heterocycles. The summed E-state index contributed by atoms with van der Waals surface area (Å²) < 4.78 is 18.8. The van der Waals surface area contributed by atoms with E-state index in [-0.39, 0.29) is 92.9 Å². The summed E-state index contributed by atoms with van der Waals surface area (Å²) in [7, 11) is -3.29. The van der Waals surface area contributed by atoms with E-state index in [2.05, 4.69) is 25.6 Å². The molecule has 5 aliphatic rings. The highest BCUT2D eigenvalue weighted by Crippen LogP contribution is 2.70. The summed E-state index contributed by atoms with van der Waals surface area (Å²) in [6.07, 6.45) is 9.63. The molecule has 1 N–H and O–H groups in total. The van der Waals surface area contributed by atoms with Crippen molar-refractivity contribution in [2.75, 3.05) is 13.3 Å². The number of hydrogen-bond donors (Lipinski definition) is 1. The van der Waals surface area contributed by atoms with Gasteiger partial charge in [-0.1, -0.05) is 60.9 Å². The number of rotatable bonds is 2. The molecule has 6 atom stereocenters. The molecule has 1 spiro atoms. The third-order valence-corrected chi connectivity index (χ3v) is 11.2. The van der Waals surface area contributed by atoms with Crippen LogP contribution in [-0.2, 0) is 14.1 Å². The van der Waals surface area contributed by atoms with E-state index in [0.29, 0.717) is 23.6 Å². The van der Waals surface area contributed by atoms with E-state index in [1.165, 1.54) is 35.4 Å². The summed E-state index contributed by atoms with van der Waals surface area (Å²) >= 11 is 0. The Morgan fingerprint density at radius 3 is 2.17 bits per heavy atom. The fraction of sp³-hybridized carbons (Fsp3) is 0.606. The molecule has 3 fully saturated rings. The second-order valence-corrected chi connectivity index (χ2v) is 13.8. The molecule has 1 aromatic rings. The van der Waals surface area contributed by atoms with Crippen molar-refractivity contribution < 1.29 is 19.0 Å². The van der Waals surface area contributed by atoms with E-state index in [9.17, 15) is 14.3 Å². The Kier molecular flexibility index (Phi) is 15.4. The summed E-state index contributed by atoms with van der Waals surface area (Å²) in [5.41, 5.74) is 6.51. The zero-order valence-electron chi connectivity index (χ0n) is 21.8. The minimum absolute atomic E-state index is 0. The molecule has 41 heavy (non-hydrogen) atoms. The van der Waals surface area contributed by atoms with E-state index in [1.807, 2.05) is 18.2 Å². The molecule has 1 saturated heterocycles. The van der Waals surface area contributed by atoms with E-state index in [4.69, 9.17) is 4.74 Å². The molecule has 0 amide bonds. The standard InChI is InChI=1S/C29H35O4P.4CH4.3H2S/c1-18-13-15-33-29(18)14-12-26-24-10-6-20-16-21(30)7-11-23(20)27(24)25(17-28(26,29)2)19-4-8-22(9-5-19)34(3,31)32;;;;;;;/h4-5,8-9,16,24-26H,1,6-7,10-15,17H2,2-3H3,(H,31,32);4*1H4;3*1H2/t24-,25+,26-,28-,29+;;;;;;;/m0......./s1. The number of allylic oxidation sites excluding steroid dienone is 4. The zero-order chi connectivity index (χ0) is 23.9. The smallest absolute Gasteiger partial charge is 0.226 e. The van der Waals surface area contributed by atoms with Crippen LogP contribution in [0.2, 0.25) is 0 Å². The average Bonchev–Trinajstić information content (AvgIpc) is 3.32. The second kappa shape index (κ2) is 14.9. The van der Waals surface area contributed by atoms with Crippen molar-refractivity contribution in [1.29, 1.82) is 0 Å². The van der Waals surface area contributed by atoms with Crippen molar-refractivity contribution in [3.63, 3.8) is 0 Å². The van der Waals surface area contributed by atoms with Crippen LogP contribution >= 0.6 is 47.9 Å². The lowest BCUT2D eigenvalue weighted by atomic mass is 9.50. The molecule has 1 aliphatic heterocycles. The fourth-order valence-corrected chi connectivity index (χ4v) is 9.10. The van der Waals surface area contributed by atoms with E-state index in [1.54, 1.807) is 5.57 Å². The number of carbonyl (C=O) groups is 1. The van der Waals surface area contributed by atoms with E-state index in [0.717, 1.165) is 45.1 Å². The Balaban J connectivity index is 0. The van der Waals surface area contributed by atoms with Crippen LogP contribution in [0.3, 0.4) is 0 Å². The van der Waals surface area contributed by atoms with Crippen LogP contribution in [0, 0.1) is 17.3 Å². The van der Waals surface area contributed by atoms with Gasteiger partial charge in [0.05, 0.1) is 12.2 Å². The van der Waals surface area contributed by atoms with E-state index < -0.39 is 7.37 Å². The molecule has 1 unspecified atom stereocenters. The van der Waals surface area contributed by atoms with Crippen molar-refractivity contribution in [2.24, 2.45) is 17.3 Å². The summed E-state index contributed by atoms with van der Waals surface area (Å²) in [5.74, 6) is 1.55. The first kappa shape index (κ1) is 42.4. The first-order chi connectivity index (χ1) is 16.1. The van der Waals surface area contributed by atoms with Gasteiger partial charge in [0.15, 0.2) is 5.78 Å². The largest absolute Gasteiger partial charge is 0.370 e. The van der Waals surface area contributed by atoms with Crippen molar-refractivity contribution in [1.82, 2.24) is 0 Å². The van der Waals surface area contributed by atoms with Gasteiger partial charge in [-0.15, -0.1) is 0 Å². The lowest BCUT2D eigenvalue weighted by Crippen LogP contribution is -2.52. The van der Waals surface area contributed by atoms with Gasteiger partial charge in [-0.2, -0.15) is 40.5 Å². The molecule has 6 rings (SSSR count). The van der Waals surface area contributed by atoms with Crippen LogP contribution < -0.4 is 5.30 Å². The summed E-state index contributed by atoms with van der Waals surface area (Å²) in [6, 6.07) is 7.81. The Morgan fingerprint density at radius 2 is 1.61 bits per heavy atom. The molecule has 236 valence electrons. The number of ether oxygens (including phenoxy) is 1. The van der Waals surface area contributed by atoms with Gasteiger partial charge in [-0.3, -0.25) is 9.36 Å². The highest BCUT2D eigenvalue weighted by Gasteiger charge is 2.65. The normalized spacial score (nSPS) is 32.3. The third-order valence-electron chi connectivity index (χ3n) is 9.95. The van der Waals surface area contributed by atoms with Crippen molar-refractivity contribution in [2.45, 2.75) is 99.5 Å². The van der Waals surface area contributed by atoms with Crippen LogP contribution in [0.4, 0.5) is 0 Å². The van der Waals surface area contributed by atoms with Crippen LogP contribution in [0.25, 0.3) is 0 Å². The van der Waals surface area contributed by atoms with Gasteiger partial charge in [-0.25, -0.2) is 0 Å². The number of carbonyl (C=O) groups excluding carboxylic acids is 1. The van der Waals surface area contributed by atoms with Crippen LogP contribution in [-0.4, -0.2) is 29.5 Å². The second-order valence-electron chi connectivity index (χ2n) is 11.5. The van der Waals surface area contributed by atoms with Gasteiger partial charge in [-0.05, 0) is 97.3 Å². The lowest BCUT2D eigenvalue weighted by Gasteiger charge is -2.55. The minimum Gasteiger partial charge on any atom is -0.370 e. The summed E-state index contributed by atoms with van der Waals surface area (Å²) in [4.78, 5) is 22.3. The molecule has 0 bridgehead atoms. The summed E-state index contributed by atoms with van der Waals surface area (Å²) in [5, 5.41) is 0.502. The van der Waals surface area contributed by atoms with Crippen molar-refractivity contribution >= 4 is 58.9 Å². The maximum Gasteiger partial charge on any atom is 0.226 e. The highest BCUT2D eigenvalue weighted by molar-refractivity contribution is 7.65. The van der Waals surface area contributed by atoms with Crippen molar-refractivity contribution in [3.05, 3.63) is 64.8 Å². The fourth-order valence-electron chi connectivity index (χ4n) is 8.40. The SMILES string of the molecule is C.C.C.C.C=C1CCO[C@]12CC[C@H]1[C@@H]3CCC4=CC(=O)CCC4=C3[C@@H](c3ccc(P(C)(=O)O)cc3)C[C@@]12C.S.S.S. The number of hydrogen-bond acceptors (Lipinski definition) is 3. The summed E-state index contributed by atoms with van der Waals surface area (Å²) in [6.45, 7) is 9.12. The lowest BCUT2D eigenvalue weighted by molar-refractivity contribution is -0.114. The maximum absolute atomic E-state index is 12.2. The minimum atomic E-state index is -3.29. The van der Waals surface area contributed by atoms with Crippen LogP contribution in [0.1, 0.15) is 99.5 Å². The number of fused-ring (bicyclic) bond motifs is 5. The number of ketones is 1. The van der Waals surface area contributed by atoms with Gasteiger partial charge >= 0.3 is 0 Å². The Bertz CT molecular complexity index is 1200. The van der Waals surface area contributed by atoms with E-state index >= 15 is 0 Å². The van der Waals surface area contributed by atoms with Gasteiger partial charge in [0.2, 0.25) is 7.37 Å². The molecule has 4 nitrogen and oxygen atoms in total. The number of benzene rings is 1. The predicted molar refractivity (Wildman–Crippen MR) is 193 cm³/mol. The Labute approximate surface area is 271 Å². The third kappa shape index (κ3) is 6.42. The average molecular weight is 645 g/mol. The molecular formula is C33H57O4PS3. The molecule has 2 saturated carbocycles. The first-order valence-electron chi connectivity index (χ1n) is 12.8. The van der Waals surface area contributed by atoms with Gasteiger partial charge in [0.1, 0.15) is 0 Å². The molecule has 1 heterocycles. The first-order valence-corrected chi connectivity index (χ1v) is 14.9. The van der Waals surface area contributed by atoms with Gasteiger partial charge < -0.3 is 9.63 Å². The quantitative estimate of drug-likeness (QED) is 0.258. The van der Waals surface area contributed by atoms with Crippen LogP contribution in [0.15, 0.2) is 59.2 Å². The molecule has 1 aromatic carbocycles. The Morgan fingerprint density at radius 1 is 0.976 bits per heavy atom. The van der Waals surface area contributed by atoms with Crippen molar-refractivity contribution in [3.8, 4) is 0 Å². The highest BCUT2D eigenvalue weighted by atomic mass is 32.1. The Hall–Kier alpha value is -0.690. The predicted octanol–water partition coefficient (Wildman–Crippen LogP) is 8.71.